The standard InChI is InChI=1S/C22H17N3O11S3/c23-20-17(38(30,31)32)11-16(18-19(20)22(27)15-4-2-1-3-14(15)21(18)26)25-24-12-5-7-13(8-6-12)37(28,29)10-9-36-39(33,34)35/h1-8,11,23-24H,9-10H2,(H,30,31,32)(H,33,34,35). The van der Waals surface area contributed by atoms with Crippen LogP contribution < -0.4 is 27.0 Å². The molecule has 0 unspecified atom stereocenters. The van der Waals surface area contributed by atoms with Gasteiger partial charge < -0.3 is 0 Å². The Labute approximate surface area is 219 Å². The third-order valence-electron chi connectivity index (χ3n) is 5.52. The van der Waals surface area contributed by atoms with Crippen molar-refractivity contribution in [2.45, 2.75) is 9.79 Å². The molecule has 0 fully saturated rings. The van der Waals surface area contributed by atoms with Crippen LogP contribution in [0.5, 0.6) is 0 Å². The van der Waals surface area contributed by atoms with E-state index in [1.165, 1.54) is 36.4 Å². The Kier molecular flexibility index (Phi) is 7.23. The number of hydrogen-bond acceptors (Lipinski definition) is 12. The Hall–Kier alpha value is -3.87. The average Bonchev–Trinajstić information content (AvgIpc) is 2.85. The molecule has 0 bridgehead atoms. The summed E-state index contributed by atoms with van der Waals surface area (Å²) in [5, 5.41) is 10.0. The summed E-state index contributed by atoms with van der Waals surface area (Å²) in [5.41, 5.74) is 1.14. The van der Waals surface area contributed by atoms with Crippen LogP contribution in [0.25, 0.3) is 10.8 Å². The van der Waals surface area contributed by atoms with Crippen molar-refractivity contribution in [2.24, 2.45) is 5.10 Å². The van der Waals surface area contributed by atoms with Crippen molar-refractivity contribution < 1.29 is 38.5 Å². The predicted molar refractivity (Wildman–Crippen MR) is 135 cm³/mol. The van der Waals surface area contributed by atoms with Gasteiger partial charge in [0.15, 0.2) is 20.7 Å². The zero-order valence-corrected chi connectivity index (χ0v) is 21.8. The predicted octanol–water partition coefficient (Wildman–Crippen LogP) is -0.592. The lowest BCUT2D eigenvalue weighted by Crippen LogP contribution is -2.32. The van der Waals surface area contributed by atoms with Crippen LogP contribution >= 0.6 is 0 Å². The van der Waals surface area contributed by atoms with Crippen molar-refractivity contribution >= 4 is 46.8 Å². The lowest BCUT2D eigenvalue weighted by molar-refractivity contribution is 0.284. The van der Waals surface area contributed by atoms with E-state index in [1.54, 1.807) is 0 Å². The summed E-state index contributed by atoms with van der Waals surface area (Å²) in [4.78, 5) is 25.2. The van der Waals surface area contributed by atoms with Gasteiger partial charge in [-0.1, -0.05) is 24.3 Å². The zero-order chi connectivity index (χ0) is 28.8. The zero-order valence-electron chi connectivity index (χ0n) is 19.4. The molecular formula is C22H17N3O11S3. The summed E-state index contributed by atoms with van der Waals surface area (Å²) in [6.45, 7) is -0.820. The summed E-state index contributed by atoms with van der Waals surface area (Å²) in [6, 6.07) is 11.3. The van der Waals surface area contributed by atoms with Gasteiger partial charge in [-0.05, 0) is 30.3 Å². The molecule has 14 nitrogen and oxygen atoms in total. The first kappa shape index (κ1) is 28.1. The maximum absolute atomic E-state index is 13.2. The van der Waals surface area contributed by atoms with Gasteiger partial charge in [-0.3, -0.25) is 29.5 Å². The molecule has 17 heteroatoms. The number of anilines is 1. The topological polar surface area (TPSA) is 234 Å². The van der Waals surface area contributed by atoms with E-state index >= 15 is 0 Å². The van der Waals surface area contributed by atoms with Gasteiger partial charge in [-0.25, -0.2) is 12.6 Å². The van der Waals surface area contributed by atoms with Crippen molar-refractivity contribution in [2.75, 3.05) is 17.8 Å². The number of sulfone groups is 1. The van der Waals surface area contributed by atoms with E-state index in [1.807, 2.05) is 0 Å². The van der Waals surface area contributed by atoms with Crippen LogP contribution in [-0.4, -0.2) is 46.7 Å². The number of nitrogens with zero attached hydrogens (tertiary/aromatic N) is 1. The monoisotopic (exact) mass is 595 g/mol. The number of nitrogens with one attached hydrogen (secondary N) is 2. The van der Waals surface area contributed by atoms with E-state index in [9.17, 15) is 39.4 Å². The van der Waals surface area contributed by atoms with Crippen molar-refractivity contribution in [3.63, 3.8) is 0 Å². The summed E-state index contributed by atoms with van der Waals surface area (Å²) in [5.74, 6) is -0.758. The first-order chi connectivity index (χ1) is 18.1. The van der Waals surface area contributed by atoms with Crippen LogP contribution in [0.1, 0.15) is 0 Å². The molecule has 0 saturated carbocycles. The fraction of sp³-hybridized carbons (Fsp3) is 0.0909. The smallest absolute Gasteiger partial charge is 0.299 e. The molecule has 0 amide bonds. The Morgan fingerprint density at radius 3 is 1.95 bits per heavy atom. The summed E-state index contributed by atoms with van der Waals surface area (Å²) >= 11 is 0. The highest BCUT2D eigenvalue weighted by atomic mass is 32.3. The third-order valence-corrected chi connectivity index (χ3v) is 8.56. The molecule has 0 spiro atoms. The third kappa shape index (κ3) is 5.77. The molecule has 4 N–H and O–H groups in total. The molecule has 204 valence electrons. The molecule has 2 aromatic rings. The maximum atomic E-state index is 13.2. The fourth-order valence-electron chi connectivity index (χ4n) is 3.77. The van der Waals surface area contributed by atoms with Crippen LogP contribution in [-0.2, 0) is 34.5 Å². The van der Waals surface area contributed by atoms with Crippen LogP contribution in [0.3, 0.4) is 0 Å². The molecule has 0 radical (unpaired) electrons. The van der Waals surface area contributed by atoms with E-state index in [0.29, 0.717) is 0 Å². The lowest BCUT2D eigenvalue weighted by Gasteiger charge is -2.06. The quantitative estimate of drug-likeness (QED) is 0.148. The SMILES string of the molecule is N=c1c(S(=O)(=O)O)cc(=NNc2ccc(S(=O)(=O)CCOS(=O)(=O)O)cc2)c2c(=O)c3ccccc3c(=O)c1=2. The lowest BCUT2D eigenvalue weighted by atomic mass is 10.0. The van der Waals surface area contributed by atoms with Gasteiger partial charge in [0.05, 0.1) is 44.1 Å². The van der Waals surface area contributed by atoms with E-state index in [4.69, 9.17) is 9.96 Å². The highest BCUT2D eigenvalue weighted by Gasteiger charge is 2.19. The highest BCUT2D eigenvalue weighted by Crippen LogP contribution is 2.16. The second-order valence-corrected chi connectivity index (χ2v) is 12.6. The Balaban J connectivity index is 1.84. The Morgan fingerprint density at radius 1 is 0.846 bits per heavy atom. The van der Waals surface area contributed by atoms with Gasteiger partial charge in [0.1, 0.15) is 4.90 Å². The minimum atomic E-state index is -5.00. The van der Waals surface area contributed by atoms with Crippen LogP contribution in [0.2, 0.25) is 0 Å². The van der Waals surface area contributed by atoms with E-state index in [-0.39, 0.29) is 31.9 Å². The molecule has 2 aliphatic rings. The molecule has 2 aliphatic carbocycles. The maximum Gasteiger partial charge on any atom is 0.397 e. The molecule has 0 atom stereocenters. The fourth-order valence-corrected chi connectivity index (χ4v) is 5.88. The molecule has 0 saturated heterocycles. The number of benzene rings is 2. The minimum absolute atomic E-state index is 0.0120. The molecule has 0 aromatic heterocycles. The Bertz CT molecular complexity index is 2240. The highest BCUT2D eigenvalue weighted by molar-refractivity contribution is 7.91. The molecule has 2 aromatic carbocycles. The molecule has 39 heavy (non-hydrogen) atoms. The molecule has 0 heterocycles. The number of hydrogen-bond donors (Lipinski definition) is 4. The van der Waals surface area contributed by atoms with Crippen molar-refractivity contribution in [1.82, 2.24) is 0 Å². The van der Waals surface area contributed by atoms with Gasteiger partial charge in [0, 0.05) is 10.8 Å². The first-order valence-electron chi connectivity index (χ1n) is 10.6. The Morgan fingerprint density at radius 2 is 1.41 bits per heavy atom. The average molecular weight is 596 g/mol. The van der Waals surface area contributed by atoms with Gasteiger partial charge in [-0.15, -0.1) is 0 Å². The number of rotatable bonds is 8. The summed E-state index contributed by atoms with van der Waals surface area (Å²) < 4.78 is 91.9. The largest absolute Gasteiger partial charge is 0.397 e. The summed E-state index contributed by atoms with van der Waals surface area (Å²) in [7, 11) is -13.8. The normalized spacial score (nSPS) is 13.2. The van der Waals surface area contributed by atoms with Crippen molar-refractivity contribution in [1.29, 1.82) is 5.41 Å². The van der Waals surface area contributed by atoms with E-state index in [2.05, 4.69) is 14.7 Å². The van der Waals surface area contributed by atoms with Crippen LogP contribution in [0.4, 0.5) is 5.69 Å². The van der Waals surface area contributed by atoms with Gasteiger partial charge in [0.2, 0.25) is 0 Å². The van der Waals surface area contributed by atoms with E-state index in [0.717, 1.165) is 18.2 Å². The van der Waals surface area contributed by atoms with Gasteiger partial charge in [-0.2, -0.15) is 21.9 Å². The molecule has 4 rings (SSSR count). The minimum Gasteiger partial charge on any atom is -0.299 e. The molecule has 0 aliphatic heterocycles. The van der Waals surface area contributed by atoms with Crippen molar-refractivity contribution in [3.05, 3.63) is 96.2 Å². The van der Waals surface area contributed by atoms with Crippen LogP contribution in [0, 0.1) is 15.8 Å². The first-order valence-corrected chi connectivity index (χ1v) is 15.1. The second kappa shape index (κ2) is 10.0. The van der Waals surface area contributed by atoms with Gasteiger partial charge >= 0.3 is 10.4 Å². The van der Waals surface area contributed by atoms with E-state index < -0.39 is 69.0 Å². The second-order valence-electron chi connectivity index (χ2n) is 8.01. The van der Waals surface area contributed by atoms with Gasteiger partial charge in [0.25, 0.3) is 10.1 Å². The van der Waals surface area contributed by atoms with Crippen molar-refractivity contribution in [3.8, 4) is 0 Å². The summed E-state index contributed by atoms with van der Waals surface area (Å²) in [6.07, 6.45) is 0. The van der Waals surface area contributed by atoms with Crippen LogP contribution in [0.15, 0.2) is 79.1 Å². The molecular weight excluding hydrogens is 578 g/mol. The number of fused-ring (bicyclic) bond motifs is 1.